The Morgan fingerprint density at radius 1 is 1.15 bits per heavy atom. The van der Waals surface area contributed by atoms with Crippen molar-refractivity contribution in [2.24, 2.45) is 0 Å². The second-order valence-corrected chi connectivity index (χ2v) is 6.44. The van der Waals surface area contributed by atoms with Crippen molar-refractivity contribution in [1.82, 2.24) is 9.38 Å². The average molecular weight is 371 g/mol. The quantitative estimate of drug-likeness (QED) is 0.722. The Morgan fingerprint density at radius 2 is 1.92 bits per heavy atom. The molecule has 2 aromatic heterocycles. The molecular weight excluding hydrogens is 352 g/mol. The zero-order valence-corrected chi connectivity index (χ0v) is 15.5. The van der Waals surface area contributed by atoms with Crippen LogP contribution in [0, 0.1) is 13.8 Å². The maximum atomic E-state index is 12.9. The minimum absolute atomic E-state index is 0.0848. The molecule has 0 unspecified atom stereocenters. The first-order chi connectivity index (χ1) is 12.4. The third-order valence-electron chi connectivity index (χ3n) is 4.06. The molecule has 0 atom stereocenters. The number of aromatic nitrogens is 2. The Kier molecular flexibility index (Phi) is 4.95. The highest BCUT2D eigenvalue weighted by molar-refractivity contribution is 6.30. The Balaban J connectivity index is 1.93. The van der Waals surface area contributed by atoms with Crippen molar-refractivity contribution < 1.29 is 9.59 Å². The summed E-state index contributed by atoms with van der Waals surface area (Å²) >= 11 is 6.05. The molecule has 7 heteroatoms. The van der Waals surface area contributed by atoms with E-state index in [-0.39, 0.29) is 11.8 Å². The minimum atomic E-state index is -0.292. The summed E-state index contributed by atoms with van der Waals surface area (Å²) in [5, 5.41) is 6.21. The van der Waals surface area contributed by atoms with E-state index in [1.807, 2.05) is 13.0 Å². The van der Waals surface area contributed by atoms with Crippen molar-refractivity contribution in [3.63, 3.8) is 0 Å². The summed E-state index contributed by atoms with van der Waals surface area (Å²) in [6.07, 6.45) is 2.05. The number of imidazole rings is 1. The summed E-state index contributed by atoms with van der Waals surface area (Å²) in [6.45, 7) is 5.45. The van der Waals surface area contributed by atoms with Gasteiger partial charge in [0.1, 0.15) is 11.3 Å². The van der Waals surface area contributed by atoms with Gasteiger partial charge in [0, 0.05) is 24.0 Å². The molecule has 0 radical (unpaired) electrons. The largest absolute Gasteiger partial charge is 0.326 e. The van der Waals surface area contributed by atoms with Gasteiger partial charge in [0.25, 0.3) is 5.91 Å². The van der Waals surface area contributed by atoms with Crippen molar-refractivity contribution in [3.05, 3.63) is 58.5 Å². The third-order valence-corrected chi connectivity index (χ3v) is 4.29. The van der Waals surface area contributed by atoms with Crippen molar-refractivity contribution >= 4 is 40.4 Å². The number of fused-ring (bicyclic) bond motifs is 1. The van der Waals surface area contributed by atoms with Gasteiger partial charge in [-0.25, -0.2) is 4.98 Å². The van der Waals surface area contributed by atoms with Crippen LogP contribution in [0.15, 0.2) is 36.5 Å². The highest BCUT2D eigenvalue weighted by Crippen LogP contribution is 2.23. The van der Waals surface area contributed by atoms with E-state index in [1.165, 1.54) is 0 Å². The van der Waals surface area contributed by atoms with Crippen molar-refractivity contribution in [3.8, 4) is 0 Å². The van der Waals surface area contributed by atoms with Gasteiger partial charge in [-0.1, -0.05) is 24.6 Å². The average Bonchev–Trinajstić information content (AvgIpc) is 2.92. The van der Waals surface area contributed by atoms with E-state index in [0.717, 1.165) is 5.56 Å². The molecule has 3 rings (SSSR count). The van der Waals surface area contributed by atoms with Gasteiger partial charge in [-0.2, -0.15) is 0 Å². The van der Waals surface area contributed by atoms with E-state index < -0.39 is 0 Å². The van der Waals surface area contributed by atoms with Crippen LogP contribution in [0.4, 0.5) is 11.4 Å². The fourth-order valence-electron chi connectivity index (χ4n) is 2.68. The van der Waals surface area contributed by atoms with Gasteiger partial charge in [0.15, 0.2) is 0 Å². The molecule has 134 valence electrons. The fraction of sp³-hybridized carbons (Fsp3) is 0.211. The van der Waals surface area contributed by atoms with Gasteiger partial charge in [-0.05, 0) is 43.7 Å². The van der Waals surface area contributed by atoms with Crippen LogP contribution in [0.5, 0.6) is 0 Å². The highest BCUT2D eigenvalue weighted by atomic mass is 35.5. The summed E-state index contributed by atoms with van der Waals surface area (Å²) in [6, 6.07) is 8.89. The molecule has 3 aromatic rings. The number of anilines is 2. The minimum Gasteiger partial charge on any atom is -0.326 e. The van der Waals surface area contributed by atoms with Gasteiger partial charge in [-0.3, -0.25) is 14.0 Å². The normalized spacial score (nSPS) is 10.8. The summed E-state index contributed by atoms with van der Waals surface area (Å²) in [5.41, 5.74) is 3.83. The molecule has 2 amide bonds. The Bertz CT molecular complexity index is 1010. The summed E-state index contributed by atoms with van der Waals surface area (Å²) in [7, 11) is 0. The summed E-state index contributed by atoms with van der Waals surface area (Å²) in [4.78, 5) is 28.8. The zero-order chi connectivity index (χ0) is 18.8. The molecule has 2 heterocycles. The predicted molar refractivity (Wildman–Crippen MR) is 103 cm³/mol. The number of hydrogen-bond acceptors (Lipinski definition) is 3. The molecule has 6 nitrogen and oxygen atoms in total. The highest BCUT2D eigenvalue weighted by Gasteiger charge is 2.18. The van der Waals surface area contributed by atoms with Crippen molar-refractivity contribution in [2.45, 2.75) is 27.2 Å². The standard InChI is InChI=1S/C19H19ClN4O2/c1-4-17(25)22-14-7-5-11(2)15(9-14)23-19(26)18-12(3)21-16-8-6-13(20)10-24(16)18/h5-10H,4H2,1-3H3,(H,22,25)(H,23,26). The summed E-state index contributed by atoms with van der Waals surface area (Å²) < 4.78 is 1.67. The monoisotopic (exact) mass is 370 g/mol. The molecule has 1 aromatic carbocycles. The number of rotatable bonds is 4. The van der Waals surface area contributed by atoms with Gasteiger partial charge in [0.05, 0.1) is 10.7 Å². The number of amides is 2. The molecule has 26 heavy (non-hydrogen) atoms. The first kappa shape index (κ1) is 17.9. The lowest BCUT2D eigenvalue weighted by Gasteiger charge is -2.12. The molecule has 0 saturated carbocycles. The van der Waals surface area contributed by atoms with Crippen LogP contribution in [0.1, 0.15) is 35.1 Å². The maximum absolute atomic E-state index is 12.9. The van der Waals surface area contributed by atoms with Gasteiger partial charge in [0.2, 0.25) is 5.91 Å². The fourth-order valence-corrected chi connectivity index (χ4v) is 2.84. The van der Waals surface area contributed by atoms with Crippen LogP contribution in [0.3, 0.4) is 0 Å². The lowest BCUT2D eigenvalue weighted by Crippen LogP contribution is -2.17. The lowest BCUT2D eigenvalue weighted by atomic mass is 10.1. The molecule has 0 fully saturated rings. The lowest BCUT2D eigenvalue weighted by molar-refractivity contribution is -0.115. The topological polar surface area (TPSA) is 75.5 Å². The van der Waals surface area contributed by atoms with Gasteiger partial charge < -0.3 is 10.6 Å². The molecular formula is C19H19ClN4O2. The second-order valence-electron chi connectivity index (χ2n) is 6.01. The number of nitrogens with one attached hydrogen (secondary N) is 2. The van der Waals surface area contributed by atoms with E-state index in [0.29, 0.717) is 39.9 Å². The molecule has 0 bridgehead atoms. The Morgan fingerprint density at radius 3 is 2.65 bits per heavy atom. The van der Waals surface area contributed by atoms with Crippen LogP contribution in [-0.2, 0) is 4.79 Å². The van der Waals surface area contributed by atoms with Crippen LogP contribution < -0.4 is 10.6 Å². The number of pyridine rings is 1. The van der Waals surface area contributed by atoms with Crippen molar-refractivity contribution in [1.29, 1.82) is 0 Å². The number of carbonyl (C=O) groups excluding carboxylic acids is 2. The Hall–Kier alpha value is -2.86. The first-order valence-electron chi connectivity index (χ1n) is 8.25. The molecule has 0 spiro atoms. The predicted octanol–water partition coefficient (Wildman–Crippen LogP) is 4.21. The molecule has 0 aliphatic heterocycles. The van der Waals surface area contributed by atoms with E-state index in [1.54, 1.807) is 48.7 Å². The summed E-state index contributed by atoms with van der Waals surface area (Å²) in [5.74, 6) is -0.377. The molecule has 0 aliphatic carbocycles. The van der Waals surface area contributed by atoms with E-state index in [4.69, 9.17) is 11.6 Å². The van der Waals surface area contributed by atoms with Crippen LogP contribution in [0.25, 0.3) is 5.65 Å². The number of aryl methyl sites for hydroxylation is 2. The van der Waals surface area contributed by atoms with Crippen LogP contribution in [0.2, 0.25) is 5.02 Å². The van der Waals surface area contributed by atoms with E-state index in [2.05, 4.69) is 15.6 Å². The van der Waals surface area contributed by atoms with Gasteiger partial charge in [-0.15, -0.1) is 0 Å². The molecule has 0 aliphatic rings. The van der Waals surface area contributed by atoms with E-state index >= 15 is 0 Å². The maximum Gasteiger partial charge on any atom is 0.274 e. The smallest absolute Gasteiger partial charge is 0.274 e. The molecule has 2 N–H and O–H groups in total. The number of halogens is 1. The number of nitrogens with zero attached hydrogens (tertiary/aromatic N) is 2. The van der Waals surface area contributed by atoms with Crippen LogP contribution in [-0.4, -0.2) is 21.2 Å². The zero-order valence-electron chi connectivity index (χ0n) is 14.8. The number of carbonyl (C=O) groups is 2. The van der Waals surface area contributed by atoms with E-state index in [9.17, 15) is 9.59 Å². The Labute approximate surface area is 156 Å². The number of benzene rings is 1. The second kappa shape index (κ2) is 7.17. The van der Waals surface area contributed by atoms with Crippen LogP contribution >= 0.6 is 11.6 Å². The third kappa shape index (κ3) is 3.55. The van der Waals surface area contributed by atoms with Crippen molar-refractivity contribution in [2.75, 3.05) is 10.6 Å². The van der Waals surface area contributed by atoms with Gasteiger partial charge >= 0.3 is 0 Å². The number of hydrogen-bond donors (Lipinski definition) is 2. The first-order valence-corrected chi connectivity index (χ1v) is 8.63. The SMILES string of the molecule is CCC(=O)Nc1ccc(C)c(NC(=O)c2c(C)nc3ccc(Cl)cn23)c1. The molecule has 0 saturated heterocycles.